The lowest BCUT2D eigenvalue weighted by Crippen LogP contribution is -2.45. The zero-order chi connectivity index (χ0) is 15.5. The number of carbonyl (C=O) groups excluding carboxylic acids is 2. The molecule has 2 rings (SSSR count). The zero-order valence-electron chi connectivity index (χ0n) is 10.9. The molecule has 0 aromatic heterocycles. The summed E-state index contributed by atoms with van der Waals surface area (Å²) < 4.78 is 42.2. The van der Waals surface area contributed by atoms with Crippen LogP contribution in [-0.2, 0) is 20.5 Å². The van der Waals surface area contributed by atoms with Crippen LogP contribution in [0.1, 0.15) is 5.56 Å². The first-order valence-corrected chi connectivity index (χ1v) is 6.23. The predicted molar refractivity (Wildman–Crippen MR) is 67.5 cm³/mol. The third kappa shape index (κ3) is 3.94. The summed E-state index contributed by atoms with van der Waals surface area (Å²) in [7, 11) is 0. The molecule has 0 spiro atoms. The topological polar surface area (TPSA) is 58.6 Å². The van der Waals surface area contributed by atoms with Gasteiger partial charge in [-0.15, -0.1) is 0 Å². The number of alkyl halides is 3. The zero-order valence-corrected chi connectivity index (χ0v) is 10.9. The van der Waals surface area contributed by atoms with Crippen molar-refractivity contribution in [1.82, 2.24) is 4.90 Å². The molecule has 0 saturated carbocycles. The van der Waals surface area contributed by atoms with Gasteiger partial charge in [0, 0.05) is 18.8 Å². The Morgan fingerprint density at radius 1 is 1.10 bits per heavy atom. The van der Waals surface area contributed by atoms with E-state index in [9.17, 15) is 22.8 Å². The summed E-state index contributed by atoms with van der Waals surface area (Å²) in [6.07, 6.45) is -4.44. The number of benzene rings is 1. The lowest BCUT2D eigenvalue weighted by molar-refractivity contribution is -0.145. The van der Waals surface area contributed by atoms with E-state index in [1.807, 2.05) is 0 Å². The number of ether oxygens (including phenoxy) is 1. The van der Waals surface area contributed by atoms with Crippen LogP contribution in [0.3, 0.4) is 0 Å². The second-order valence-electron chi connectivity index (χ2n) is 4.43. The molecule has 0 atom stereocenters. The molecule has 1 aromatic carbocycles. The molecule has 1 aliphatic rings. The van der Waals surface area contributed by atoms with Crippen LogP contribution in [0.2, 0.25) is 0 Å². The van der Waals surface area contributed by atoms with Crippen LogP contribution in [0.5, 0.6) is 0 Å². The van der Waals surface area contributed by atoms with Crippen molar-refractivity contribution in [3.05, 3.63) is 29.8 Å². The van der Waals surface area contributed by atoms with E-state index in [1.165, 1.54) is 4.90 Å². The molecule has 1 N–H and O–H groups in total. The van der Waals surface area contributed by atoms with Gasteiger partial charge in [-0.25, -0.2) is 0 Å². The summed E-state index contributed by atoms with van der Waals surface area (Å²) in [5.74, 6) is -1.60. The number of amides is 2. The van der Waals surface area contributed by atoms with Crippen LogP contribution >= 0.6 is 0 Å². The maximum atomic E-state index is 12.4. The van der Waals surface area contributed by atoms with E-state index in [4.69, 9.17) is 4.74 Å². The summed E-state index contributed by atoms with van der Waals surface area (Å²) in [6.45, 7) is 1.36. The molecule has 5 nitrogen and oxygen atoms in total. The predicted octanol–water partition coefficient (Wildman–Crippen LogP) is 1.50. The van der Waals surface area contributed by atoms with Gasteiger partial charge in [0.05, 0.1) is 18.8 Å². The molecule has 8 heteroatoms. The lowest BCUT2D eigenvalue weighted by atomic mass is 10.2. The van der Waals surface area contributed by atoms with Crippen molar-refractivity contribution in [1.29, 1.82) is 0 Å². The van der Waals surface area contributed by atoms with E-state index in [0.717, 1.165) is 24.3 Å². The fraction of sp³-hybridized carbons (Fsp3) is 0.385. The summed E-state index contributed by atoms with van der Waals surface area (Å²) in [5.41, 5.74) is -0.686. The van der Waals surface area contributed by atoms with Crippen molar-refractivity contribution >= 4 is 17.5 Å². The lowest BCUT2D eigenvalue weighted by Gasteiger charge is -2.26. The van der Waals surface area contributed by atoms with Gasteiger partial charge in [-0.1, -0.05) is 0 Å². The van der Waals surface area contributed by atoms with Gasteiger partial charge < -0.3 is 15.0 Å². The van der Waals surface area contributed by atoms with Gasteiger partial charge in [0.2, 0.25) is 0 Å². The third-order valence-electron chi connectivity index (χ3n) is 2.96. The average Bonchev–Trinajstić information content (AvgIpc) is 2.47. The number of morpholine rings is 1. The molecule has 0 aliphatic carbocycles. The Balaban J connectivity index is 1.97. The molecule has 0 unspecified atom stereocenters. The van der Waals surface area contributed by atoms with E-state index in [0.29, 0.717) is 26.3 Å². The largest absolute Gasteiger partial charge is 0.416 e. The van der Waals surface area contributed by atoms with Crippen molar-refractivity contribution in [3.63, 3.8) is 0 Å². The Hall–Kier alpha value is -2.09. The number of rotatable bonds is 1. The highest BCUT2D eigenvalue weighted by Crippen LogP contribution is 2.29. The van der Waals surface area contributed by atoms with Crippen molar-refractivity contribution in [2.24, 2.45) is 0 Å². The first-order chi connectivity index (χ1) is 9.88. The molecule has 1 fully saturated rings. The molecule has 1 heterocycles. The minimum absolute atomic E-state index is 0.134. The van der Waals surface area contributed by atoms with Crippen LogP contribution in [-0.4, -0.2) is 43.0 Å². The number of hydrogen-bond donors (Lipinski definition) is 1. The number of carbonyl (C=O) groups is 2. The number of nitrogens with one attached hydrogen (secondary N) is 1. The van der Waals surface area contributed by atoms with Crippen LogP contribution in [0.25, 0.3) is 0 Å². The first-order valence-electron chi connectivity index (χ1n) is 6.23. The number of hydrogen-bond acceptors (Lipinski definition) is 3. The van der Waals surface area contributed by atoms with Gasteiger partial charge in [-0.3, -0.25) is 9.59 Å². The molecular weight excluding hydrogens is 289 g/mol. The molecule has 114 valence electrons. The number of anilines is 1. The summed E-state index contributed by atoms with van der Waals surface area (Å²) in [4.78, 5) is 24.9. The number of nitrogens with zero attached hydrogens (tertiary/aromatic N) is 1. The molecule has 21 heavy (non-hydrogen) atoms. The van der Waals surface area contributed by atoms with Crippen LogP contribution in [0.15, 0.2) is 24.3 Å². The van der Waals surface area contributed by atoms with Gasteiger partial charge >= 0.3 is 18.0 Å². The van der Waals surface area contributed by atoms with Crippen LogP contribution in [0.4, 0.5) is 18.9 Å². The second-order valence-corrected chi connectivity index (χ2v) is 4.43. The Labute approximate surface area is 118 Å². The summed E-state index contributed by atoms with van der Waals surface area (Å²) in [5, 5.41) is 2.28. The Kier molecular flexibility index (Phi) is 4.46. The van der Waals surface area contributed by atoms with E-state index in [2.05, 4.69) is 5.32 Å². The van der Waals surface area contributed by atoms with E-state index in [1.54, 1.807) is 0 Å². The van der Waals surface area contributed by atoms with Crippen molar-refractivity contribution in [2.45, 2.75) is 6.18 Å². The SMILES string of the molecule is O=C(Nc1ccc(C(F)(F)F)cc1)C(=O)N1CCOCC1. The minimum Gasteiger partial charge on any atom is -0.378 e. The molecular formula is C13H13F3N2O3. The highest BCUT2D eigenvalue weighted by Gasteiger charge is 2.30. The van der Waals surface area contributed by atoms with Gasteiger partial charge in [0.25, 0.3) is 0 Å². The smallest absolute Gasteiger partial charge is 0.378 e. The average molecular weight is 302 g/mol. The second kappa shape index (κ2) is 6.13. The van der Waals surface area contributed by atoms with Crippen LogP contribution in [0, 0.1) is 0 Å². The monoisotopic (exact) mass is 302 g/mol. The molecule has 2 amide bonds. The molecule has 1 aliphatic heterocycles. The van der Waals surface area contributed by atoms with E-state index >= 15 is 0 Å². The van der Waals surface area contributed by atoms with Crippen molar-refractivity contribution in [2.75, 3.05) is 31.6 Å². The molecule has 0 bridgehead atoms. The summed E-state index contributed by atoms with van der Waals surface area (Å²) >= 11 is 0. The fourth-order valence-corrected chi connectivity index (χ4v) is 1.84. The maximum Gasteiger partial charge on any atom is 0.416 e. The molecule has 1 saturated heterocycles. The first kappa shape index (κ1) is 15.3. The van der Waals surface area contributed by atoms with Gasteiger partial charge in [0.15, 0.2) is 0 Å². The quantitative estimate of drug-likeness (QED) is 0.800. The fourth-order valence-electron chi connectivity index (χ4n) is 1.84. The Morgan fingerprint density at radius 3 is 2.19 bits per heavy atom. The van der Waals surface area contributed by atoms with E-state index in [-0.39, 0.29) is 5.69 Å². The van der Waals surface area contributed by atoms with Gasteiger partial charge in [-0.05, 0) is 24.3 Å². The summed E-state index contributed by atoms with van der Waals surface area (Å²) in [6, 6.07) is 3.89. The van der Waals surface area contributed by atoms with Crippen molar-refractivity contribution < 1.29 is 27.5 Å². The Bertz CT molecular complexity index is 522. The Morgan fingerprint density at radius 2 is 1.67 bits per heavy atom. The van der Waals surface area contributed by atoms with Gasteiger partial charge in [0.1, 0.15) is 0 Å². The maximum absolute atomic E-state index is 12.4. The highest BCUT2D eigenvalue weighted by atomic mass is 19.4. The third-order valence-corrected chi connectivity index (χ3v) is 2.96. The minimum atomic E-state index is -4.44. The highest BCUT2D eigenvalue weighted by molar-refractivity contribution is 6.39. The van der Waals surface area contributed by atoms with E-state index < -0.39 is 23.6 Å². The molecule has 1 aromatic rings. The van der Waals surface area contributed by atoms with Crippen LogP contribution < -0.4 is 5.32 Å². The van der Waals surface area contributed by atoms with Gasteiger partial charge in [-0.2, -0.15) is 13.2 Å². The normalized spacial score (nSPS) is 15.7. The number of halogens is 3. The van der Waals surface area contributed by atoms with Crippen molar-refractivity contribution in [3.8, 4) is 0 Å². The molecule has 0 radical (unpaired) electrons. The standard InChI is InChI=1S/C13H13F3N2O3/c14-13(15,16)9-1-3-10(4-2-9)17-11(19)12(20)18-5-7-21-8-6-18/h1-4H,5-8H2,(H,17,19).